The second-order valence-corrected chi connectivity index (χ2v) is 11.6. The number of piperidine rings is 1. The van der Waals surface area contributed by atoms with Crippen molar-refractivity contribution >= 4 is 29.4 Å². The number of para-hydroxylation sites is 1. The van der Waals surface area contributed by atoms with Gasteiger partial charge in [0, 0.05) is 31.5 Å². The molecular weight excluding hydrogens is 579 g/mol. The Morgan fingerprint density at radius 3 is 2.18 bits per heavy atom. The molecule has 1 aliphatic carbocycles. The molecule has 1 unspecified atom stereocenters. The van der Waals surface area contributed by atoms with E-state index in [1.54, 1.807) is 11.0 Å². The first kappa shape index (κ1) is 32.7. The van der Waals surface area contributed by atoms with Crippen LogP contribution in [0.2, 0.25) is 0 Å². The second kappa shape index (κ2) is 13.6. The van der Waals surface area contributed by atoms with Crippen LogP contribution in [0.3, 0.4) is 0 Å². The largest absolute Gasteiger partial charge is 0.490 e. The Kier molecular flexibility index (Phi) is 10.2. The average molecular weight is 618 g/mol. The summed E-state index contributed by atoms with van der Waals surface area (Å²) in [6, 6.07) is 14.8. The molecule has 2 N–H and O–H groups in total. The number of aromatic nitrogens is 1. The van der Waals surface area contributed by atoms with Crippen molar-refractivity contribution in [1.29, 1.82) is 0 Å². The predicted octanol–water partition coefficient (Wildman–Crippen LogP) is 4.00. The van der Waals surface area contributed by atoms with E-state index in [9.17, 15) is 27.6 Å². The number of alkyl halides is 3. The fourth-order valence-electron chi connectivity index (χ4n) is 6.33. The molecule has 3 aliphatic rings. The summed E-state index contributed by atoms with van der Waals surface area (Å²) in [6.45, 7) is 3.37. The number of carbonyl (C=O) groups is 4. The van der Waals surface area contributed by atoms with Gasteiger partial charge in [0.05, 0.1) is 6.67 Å². The first-order chi connectivity index (χ1) is 20.8. The summed E-state index contributed by atoms with van der Waals surface area (Å²) >= 11 is 0. The maximum Gasteiger partial charge on any atom is 0.490 e. The van der Waals surface area contributed by atoms with E-state index < -0.39 is 23.7 Å². The van der Waals surface area contributed by atoms with E-state index >= 15 is 0 Å². The van der Waals surface area contributed by atoms with Crippen molar-refractivity contribution in [2.24, 2.45) is 5.92 Å². The van der Waals surface area contributed by atoms with E-state index in [-0.39, 0.29) is 23.6 Å². The Balaban J connectivity index is 0.000000566. The molecule has 1 atom stereocenters. The maximum atomic E-state index is 13.9. The molecule has 3 fully saturated rings. The van der Waals surface area contributed by atoms with Gasteiger partial charge < -0.3 is 25.1 Å². The molecule has 3 amide bonds. The minimum atomic E-state index is -5.08. The standard InChI is InChI=1S/C29H37N5O3.C2HF3O2/c1-21-10-9-15-24(30-21)26(35)31-25(22-11-5-3-6-12-22)27(36)33-18-16-29(17-19-33)28(37)32(2)20-34(29)23-13-7-4-8-14-23;3-2(4,5)1(6)7/h4,7-10,13-15,22,25H,3,5-6,11-12,16-20H2,1-2H3,(H,31,35);(H,6,7). The minimum absolute atomic E-state index is 0.0344. The minimum Gasteiger partial charge on any atom is -0.475 e. The third-order valence-electron chi connectivity index (χ3n) is 8.62. The van der Waals surface area contributed by atoms with E-state index in [4.69, 9.17) is 9.90 Å². The molecule has 5 rings (SSSR count). The van der Waals surface area contributed by atoms with Gasteiger partial charge in [-0.2, -0.15) is 13.2 Å². The van der Waals surface area contributed by atoms with Crippen LogP contribution >= 0.6 is 0 Å². The normalized spacial score (nSPS) is 19.3. The van der Waals surface area contributed by atoms with Crippen LogP contribution in [0.25, 0.3) is 0 Å². The quantitative estimate of drug-likeness (QED) is 0.520. The van der Waals surface area contributed by atoms with E-state index in [1.165, 1.54) is 6.42 Å². The van der Waals surface area contributed by atoms with Crippen LogP contribution in [-0.4, -0.2) is 88.1 Å². The molecule has 13 heteroatoms. The fourth-order valence-corrected chi connectivity index (χ4v) is 6.33. The van der Waals surface area contributed by atoms with E-state index in [1.807, 2.05) is 61.3 Å². The molecule has 10 nitrogen and oxygen atoms in total. The number of amides is 3. The zero-order valence-corrected chi connectivity index (χ0v) is 24.8. The van der Waals surface area contributed by atoms with Crippen LogP contribution in [0, 0.1) is 12.8 Å². The van der Waals surface area contributed by atoms with Crippen molar-refractivity contribution < 1.29 is 37.5 Å². The number of benzene rings is 1. The predicted molar refractivity (Wildman–Crippen MR) is 156 cm³/mol. The first-order valence-corrected chi connectivity index (χ1v) is 14.7. The van der Waals surface area contributed by atoms with Crippen LogP contribution in [0.15, 0.2) is 48.5 Å². The number of halogens is 3. The molecule has 3 heterocycles. The number of likely N-dealkylation sites (N-methyl/N-ethyl adjacent to an activating group) is 1. The number of aryl methyl sites for hydroxylation is 1. The number of nitrogens with zero attached hydrogens (tertiary/aromatic N) is 4. The Bertz CT molecular complexity index is 1340. The van der Waals surface area contributed by atoms with Crippen molar-refractivity contribution in [2.45, 2.75) is 69.6 Å². The lowest BCUT2D eigenvalue weighted by atomic mass is 9.81. The summed E-state index contributed by atoms with van der Waals surface area (Å²) in [6.07, 6.45) is 1.23. The van der Waals surface area contributed by atoms with E-state index in [0.29, 0.717) is 38.3 Å². The van der Waals surface area contributed by atoms with Gasteiger partial charge in [0.25, 0.3) is 5.91 Å². The number of hydrogen-bond donors (Lipinski definition) is 2. The van der Waals surface area contributed by atoms with Crippen molar-refractivity contribution in [3.8, 4) is 0 Å². The van der Waals surface area contributed by atoms with Gasteiger partial charge in [-0.05, 0) is 62.8 Å². The summed E-state index contributed by atoms with van der Waals surface area (Å²) < 4.78 is 31.7. The number of nitrogens with one attached hydrogen (secondary N) is 1. The molecule has 2 saturated heterocycles. The third-order valence-corrected chi connectivity index (χ3v) is 8.62. The molecule has 44 heavy (non-hydrogen) atoms. The van der Waals surface area contributed by atoms with E-state index in [0.717, 1.165) is 37.1 Å². The highest BCUT2D eigenvalue weighted by Crippen LogP contribution is 2.39. The smallest absolute Gasteiger partial charge is 0.475 e. The number of pyridine rings is 1. The molecular formula is C31H38F3N5O5. The molecule has 1 aromatic carbocycles. The molecule has 0 radical (unpaired) electrons. The zero-order valence-electron chi connectivity index (χ0n) is 24.8. The zero-order chi connectivity index (χ0) is 32.1. The Morgan fingerprint density at radius 1 is 1.00 bits per heavy atom. The van der Waals surface area contributed by atoms with Gasteiger partial charge >= 0.3 is 12.1 Å². The number of aliphatic carboxylic acids is 1. The lowest BCUT2D eigenvalue weighted by Crippen LogP contribution is -2.60. The fraction of sp³-hybridized carbons (Fsp3) is 0.516. The van der Waals surface area contributed by atoms with E-state index in [2.05, 4.69) is 15.2 Å². The van der Waals surface area contributed by atoms with Crippen LogP contribution in [-0.2, 0) is 14.4 Å². The van der Waals surface area contributed by atoms with Crippen LogP contribution in [0.4, 0.5) is 18.9 Å². The third kappa shape index (κ3) is 7.31. The van der Waals surface area contributed by atoms with Crippen LogP contribution in [0.5, 0.6) is 0 Å². The van der Waals surface area contributed by atoms with Gasteiger partial charge in [-0.3, -0.25) is 14.4 Å². The SMILES string of the molecule is Cc1cccc(C(=O)NC(C(=O)N2CCC3(CC2)C(=O)N(C)CN3c2ccccc2)C2CCCCC2)n1.O=C(O)C(F)(F)F. The Morgan fingerprint density at radius 2 is 1.61 bits per heavy atom. The molecule has 1 spiro atoms. The van der Waals surface area contributed by atoms with Crippen LogP contribution < -0.4 is 10.2 Å². The summed E-state index contributed by atoms with van der Waals surface area (Å²) in [4.78, 5) is 59.5. The first-order valence-electron chi connectivity index (χ1n) is 14.7. The number of hydrogen-bond acceptors (Lipinski definition) is 6. The van der Waals surface area contributed by atoms with Crippen molar-refractivity contribution in [2.75, 3.05) is 31.7 Å². The summed E-state index contributed by atoms with van der Waals surface area (Å²) in [5, 5.41) is 10.2. The molecule has 1 aromatic heterocycles. The number of rotatable bonds is 5. The van der Waals surface area contributed by atoms with Gasteiger partial charge in [-0.1, -0.05) is 43.5 Å². The molecule has 2 aromatic rings. The number of carboxylic acids is 1. The molecule has 2 aliphatic heterocycles. The molecule has 238 valence electrons. The molecule has 0 bridgehead atoms. The second-order valence-electron chi connectivity index (χ2n) is 11.6. The van der Waals surface area contributed by atoms with Crippen molar-refractivity contribution in [1.82, 2.24) is 20.1 Å². The average Bonchev–Trinajstić information content (AvgIpc) is 3.25. The number of carbonyl (C=O) groups excluding carboxylic acids is 3. The number of anilines is 1. The lowest BCUT2D eigenvalue weighted by Gasteiger charge is -2.44. The highest BCUT2D eigenvalue weighted by Gasteiger charge is 2.53. The molecule has 1 saturated carbocycles. The van der Waals surface area contributed by atoms with Crippen molar-refractivity contribution in [3.63, 3.8) is 0 Å². The van der Waals surface area contributed by atoms with Crippen molar-refractivity contribution in [3.05, 3.63) is 59.9 Å². The number of carboxylic acid groups (broad SMARTS) is 1. The van der Waals surface area contributed by atoms with Gasteiger partial charge in [0.2, 0.25) is 11.8 Å². The topological polar surface area (TPSA) is 123 Å². The monoisotopic (exact) mass is 617 g/mol. The van der Waals surface area contributed by atoms with Gasteiger partial charge in [-0.25, -0.2) is 9.78 Å². The highest BCUT2D eigenvalue weighted by molar-refractivity contribution is 5.97. The summed E-state index contributed by atoms with van der Waals surface area (Å²) in [5.41, 5.74) is 1.49. The van der Waals surface area contributed by atoms with Gasteiger partial charge in [0.15, 0.2) is 0 Å². The van der Waals surface area contributed by atoms with Gasteiger partial charge in [-0.15, -0.1) is 0 Å². The highest BCUT2D eigenvalue weighted by atomic mass is 19.4. The van der Waals surface area contributed by atoms with Gasteiger partial charge in [0.1, 0.15) is 17.3 Å². The Hall–Kier alpha value is -4.16. The maximum absolute atomic E-state index is 13.9. The Labute approximate surface area is 254 Å². The summed E-state index contributed by atoms with van der Waals surface area (Å²) in [7, 11) is 1.85. The summed E-state index contributed by atoms with van der Waals surface area (Å²) in [5.74, 6) is -2.86. The van der Waals surface area contributed by atoms with Crippen LogP contribution in [0.1, 0.15) is 61.1 Å². The number of likely N-dealkylation sites (tertiary alicyclic amines) is 1. The lowest BCUT2D eigenvalue weighted by molar-refractivity contribution is -0.192.